The van der Waals surface area contributed by atoms with Crippen LogP contribution in [0.5, 0.6) is 0 Å². The maximum absolute atomic E-state index is 10.4. The van der Waals surface area contributed by atoms with E-state index in [0.717, 1.165) is 19.4 Å². The molecule has 1 rings (SSSR count). The van der Waals surface area contributed by atoms with Gasteiger partial charge in [-0.15, -0.1) is 0 Å². The molecule has 0 unspecified atom stereocenters. The third-order valence-corrected chi connectivity index (χ3v) is 3.54. The Balaban J connectivity index is 0.000000217. The molecule has 1 aliphatic heterocycles. The molecule has 0 saturated carbocycles. The summed E-state index contributed by atoms with van der Waals surface area (Å²) in [7, 11) is -2.55. The van der Waals surface area contributed by atoms with E-state index in [1.807, 2.05) is 0 Å². The molecule has 12 heavy (non-hydrogen) atoms. The molecular formula is C8H19NO2S. The number of hydrogen-bond acceptors (Lipinski definition) is 3. The first-order valence-corrected chi connectivity index (χ1v) is 6.35. The number of sulfone groups is 1. The fourth-order valence-electron chi connectivity index (χ4n) is 0.950. The molecule has 0 radical (unpaired) electrons. The van der Waals surface area contributed by atoms with E-state index in [9.17, 15) is 8.42 Å². The van der Waals surface area contributed by atoms with Crippen LogP contribution in [0.3, 0.4) is 0 Å². The fourth-order valence-corrected chi connectivity index (χ4v) is 2.44. The quantitative estimate of drug-likeness (QED) is 0.710. The van der Waals surface area contributed by atoms with Crippen LogP contribution >= 0.6 is 0 Å². The zero-order chi connectivity index (χ0) is 9.45. The third kappa shape index (κ3) is 6.61. The summed E-state index contributed by atoms with van der Waals surface area (Å²) in [5.41, 5.74) is 5.14. The number of nitrogens with two attached hydrogens (primary N) is 1. The van der Waals surface area contributed by atoms with Gasteiger partial charge >= 0.3 is 0 Å². The Morgan fingerprint density at radius 2 is 1.75 bits per heavy atom. The highest BCUT2D eigenvalue weighted by molar-refractivity contribution is 7.91. The molecular weight excluding hydrogens is 174 g/mol. The largest absolute Gasteiger partial charge is 0.330 e. The van der Waals surface area contributed by atoms with Gasteiger partial charge in [-0.2, -0.15) is 0 Å². The summed E-state index contributed by atoms with van der Waals surface area (Å²) in [6, 6.07) is 0. The first-order chi connectivity index (χ1) is 5.62. The molecule has 0 aromatic rings. The van der Waals surface area contributed by atoms with Gasteiger partial charge in [0.05, 0.1) is 11.5 Å². The molecule has 0 aliphatic carbocycles. The molecule has 0 aromatic heterocycles. The van der Waals surface area contributed by atoms with Crippen molar-refractivity contribution in [2.24, 2.45) is 5.73 Å². The third-order valence-electron chi connectivity index (χ3n) is 1.72. The smallest absolute Gasteiger partial charge is 0.150 e. The molecule has 0 atom stereocenters. The second-order valence-electron chi connectivity index (χ2n) is 3.00. The summed E-state index contributed by atoms with van der Waals surface area (Å²) in [6.07, 6.45) is 4.14. The average molecular weight is 193 g/mol. The number of unbranched alkanes of at least 4 members (excludes halogenated alkanes) is 1. The van der Waals surface area contributed by atoms with Crippen LogP contribution in [0.2, 0.25) is 0 Å². The minimum Gasteiger partial charge on any atom is -0.330 e. The summed E-state index contributed by atoms with van der Waals surface area (Å²) in [4.78, 5) is 0. The Labute approximate surface area is 75.3 Å². The van der Waals surface area contributed by atoms with E-state index >= 15 is 0 Å². The molecule has 1 fully saturated rings. The van der Waals surface area contributed by atoms with Crippen molar-refractivity contribution in [3.8, 4) is 0 Å². The Bertz CT molecular complexity index is 173. The molecule has 74 valence electrons. The Morgan fingerprint density at radius 3 is 1.83 bits per heavy atom. The number of hydrogen-bond donors (Lipinski definition) is 1. The first kappa shape index (κ1) is 11.9. The van der Waals surface area contributed by atoms with Crippen molar-refractivity contribution in [2.75, 3.05) is 18.1 Å². The molecule has 3 nitrogen and oxygen atoms in total. The summed E-state index contributed by atoms with van der Waals surface area (Å²) >= 11 is 0. The zero-order valence-electron chi connectivity index (χ0n) is 7.75. The van der Waals surface area contributed by atoms with Crippen molar-refractivity contribution in [3.63, 3.8) is 0 Å². The van der Waals surface area contributed by atoms with Gasteiger partial charge in [-0.25, -0.2) is 8.42 Å². The molecule has 0 aromatic carbocycles. The van der Waals surface area contributed by atoms with Crippen LogP contribution in [0, 0.1) is 0 Å². The van der Waals surface area contributed by atoms with Crippen molar-refractivity contribution in [3.05, 3.63) is 0 Å². The maximum atomic E-state index is 10.4. The first-order valence-electron chi connectivity index (χ1n) is 4.53. The van der Waals surface area contributed by atoms with Gasteiger partial charge in [0.15, 0.2) is 0 Å². The monoisotopic (exact) mass is 193 g/mol. The van der Waals surface area contributed by atoms with Crippen LogP contribution < -0.4 is 5.73 Å². The van der Waals surface area contributed by atoms with Crippen molar-refractivity contribution < 1.29 is 8.42 Å². The molecule has 1 heterocycles. The normalized spacial score (nSPS) is 19.8. The molecule has 4 heteroatoms. The van der Waals surface area contributed by atoms with Gasteiger partial charge in [0, 0.05) is 0 Å². The standard InChI is InChI=1S/C4H11N.C4H8O2S/c1-2-3-4-5;5-7(6)3-1-2-4-7/h2-5H2,1H3;1-4H2. The van der Waals surface area contributed by atoms with Crippen LogP contribution in [-0.4, -0.2) is 26.5 Å². The molecule has 0 amide bonds. The summed E-state index contributed by atoms with van der Waals surface area (Å²) in [5.74, 6) is 0.847. The molecule has 0 spiro atoms. The van der Waals surface area contributed by atoms with Gasteiger partial charge in [0.2, 0.25) is 0 Å². The minimum absolute atomic E-state index is 0.424. The SMILES string of the molecule is CCCCN.O=S1(=O)CCCC1. The lowest BCUT2D eigenvalue weighted by molar-refractivity contribution is 0.602. The Kier molecular flexibility index (Phi) is 6.38. The van der Waals surface area contributed by atoms with Crippen molar-refractivity contribution in [1.29, 1.82) is 0 Å². The second-order valence-corrected chi connectivity index (χ2v) is 5.30. The van der Waals surface area contributed by atoms with Crippen LogP contribution in [-0.2, 0) is 9.84 Å². The van der Waals surface area contributed by atoms with Crippen LogP contribution in [0.15, 0.2) is 0 Å². The lowest BCUT2D eigenvalue weighted by atomic mass is 10.3. The van der Waals surface area contributed by atoms with E-state index in [4.69, 9.17) is 5.73 Å². The number of rotatable bonds is 2. The van der Waals surface area contributed by atoms with E-state index in [1.165, 1.54) is 12.8 Å². The van der Waals surface area contributed by atoms with E-state index in [2.05, 4.69) is 6.92 Å². The molecule has 2 N–H and O–H groups in total. The van der Waals surface area contributed by atoms with E-state index < -0.39 is 9.84 Å². The topological polar surface area (TPSA) is 60.2 Å². The van der Waals surface area contributed by atoms with Gasteiger partial charge in [0.25, 0.3) is 0 Å². The highest BCUT2D eigenvalue weighted by Gasteiger charge is 2.16. The summed E-state index contributed by atoms with van der Waals surface area (Å²) < 4.78 is 20.9. The zero-order valence-corrected chi connectivity index (χ0v) is 8.57. The van der Waals surface area contributed by atoms with Crippen molar-refractivity contribution in [2.45, 2.75) is 32.6 Å². The van der Waals surface area contributed by atoms with Gasteiger partial charge in [-0.1, -0.05) is 13.3 Å². The van der Waals surface area contributed by atoms with E-state index in [-0.39, 0.29) is 0 Å². The lowest BCUT2D eigenvalue weighted by Gasteiger charge is -1.81. The predicted octanol–water partition coefficient (Wildman–Crippen LogP) is 0.940. The van der Waals surface area contributed by atoms with Gasteiger partial charge in [-0.3, -0.25) is 0 Å². The van der Waals surface area contributed by atoms with Crippen molar-refractivity contribution >= 4 is 9.84 Å². The van der Waals surface area contributed by atoms with Crippen LogP contribution in [0.4, 0.5) is 0 Å². The van der Waals surface area contributed by atoms with Gasteiger partial charge in [-0.05, 0) is 25.8 Å². The summed E-state index contributed by atoms with van der Waals surface area (Å²) in [5, 5.41) is 0. The average Bonchev–Trinajstić information content (AvgIpc) is 2.37. The fraction of sp³-hybridized carbons (Fsp3) is 1.00. The molecule has 1 saturated heterocycles. The second kappa shape index (κ2) is 6.43. The van der Waals surface area contributed by atoms with Gasteiger partial charge < -0.3 is 5.73 Å². The highest BCUT2D eigenvalue weighted by atomic mass is 32.2. The Morgan fingerprint density at radius 1 is 1.25 bits per heavy atom. The lowest BCUT2D eigenvalue weighted by Crippen LogP contribution is -1.98. The van der Waals surface area contributed by atoms with Crippen LogP contribution in [0.25, 0.3) is 0 Å². The molecule has 0 bridgehead atoms. The van der Waals surface area contributed by atoms with E-state index in [1.54, 1.807) is 0 Å². The highest BCUT2D eigenvalue weighted by Crippen LogP contribution is 2.08. The van der Waals surface area contributed by atoms with E-state index in [0.29, 0.717) is 11.5 Å². The van der Waals surface area contributed by atoms with Crippen LogP contribution in [0.1, 0.15) is 32.6 Å². The van der Waals surface area contributed by atoms with Crippen molar-refractivity contribution in [1.82, 2.24) is 0 Å². The van der Waals surface area contributed by atoms with Gasteiger partial charge in [0.1, 0.15) is 9.84 Å². The molecule has 1 aliphatic rings. The summed E-state index contributed by atoms with van der Waals surface area (Å²) in [6.45, 7) is 2.98. The minimum atomic E-state index is -2.55. The predicted molar refractivity (Wildman–Crippen MR) is 51.9 cm³/mol. The Hall–Kier alpha value is -0.0900. The maximum Gasteiger partial charge on any atom is 0.150 e.